The third-order valence-electron chi connectivity index (χ3n) is 2.85. The molecule has 0 saturated heterocycles. The zero-order chi connectivity index (χ0) is 12.0. The van der Waals surface area contributed by atoms with E-state index in [0.29, 0.717) is 0 Å². The van der Waals surface area contributed by atoms with Crippen molar-refractivity contribution in [2.45, 2.75) is 26.4 Å². The molecule has 3 nitrogen and oxygen atoms in total. The molecule has 16 heavy (non-hydrogen) atoms. The number of rotatable bonds is 6. The predicted octanol–water partition coefficient (Wildman–Crippen LogP) is 1.61. The summed E-state index contributed by atoms with van der Waals surface area (Å²) in [6, 6.07) is 8.59. The Morgan fingerprint density at radius 2 is 1.94 bits per heavy atom. The van der Waals surface area contributed by atoms with Crippen LogP contribution in [0.1, 0.15) is 19.4 Å². The van der Waals surface area contributed by atoms with Crippen LogP contribution < -0.4 is 10.2 Å². The molecule has 0 amide bonds. The van der Waals surface area contributed by atoms with Crippen LogP contribution in [0.3, 0.4) is 0 Å². The number of hydrogen-bond donors (Lipinski definition) is 2. The van der Waals surface area contributed by atoms with Gasteiger partial charge in [-0.25, -0.2) is 0 Å². The lowest BCUT2D eigenvalue weighted by Gasteiger charge is -2.25. The maximum Gasteiger partial charge on any atom is 0.0632 e. The average molecular weight is 222 g/mol. The van der Waals surface area contributed by atoms with Gasteiger partial charge in [0.15, 0.2) is 0 Å². The van der Waals surface area contributed by atoms with Crippen molar-refractivity contribution in [3.8, 4) is 0 Å². The highest BCUT2D eigenvalue weighted by Gasteiger charge is 2.07. The summed E-state index contributed by atoms with van der Waals surface area (Å²) in [6.07, 6.45) is 0. The van der Waals surface area contributed by atoms with Gasteiger partial charge in [-0.1, -0.05) is 19.1 Å². The molecule has 1 aromatic rings. The molecule has 0 spiro atoms. The van der Waals surface area contributed by atoms with E-state index >= 15 is 0 Å². The Bertz CT molecular complexity index is 297. The van der Waals surface area contributed by atoms with Crippen molar-refractivity contribution in [1.82, 2.24) is 5.32 Å². The third-order valence-corrected chi connectivity index (χ3v) is 2.85. The van der Waals surface area contributed by atoms with E-state index in [9.17, 15) is 0 Å². The van der Waals surface area contributed by atoms with Gasteiger partial charge in [-0.3, -0.25) is 0 Å². The van der Waals surface area contributed by atoms with Gasteiger partial charge in [0.2, 0.25) is 0 Å². The fraction of sp³-hybridized carbons (Fsp3) is 0.538. The van der Waals surface area contributed by atoms with Crippen molar-refractivity contribution in [3.05, 3.63) is 29.8 Å². The summed E-state index contributed by atoms with van der Waals surface area (Å²) in [5.74, 6) is 0. The highest BCUT2D eigenvalue weighted by atomic mass is 16.3. The van der Waals surface area contributed by atoms with Gasteiger partial charge >= 0.3 is 0 Å². The highest BCUT2D eigenvalue weighted by Crippen LogP contribution is 2.15. The van der Waals surface area contributed by atoms with E-state index in [-0.39, 0.29) is 12.6 Å². The fourth-order valence-electron chi connectivity index (χ4n) is 1.50. The molecule has 0 aromatic heterocycles. The van der Waals surface area contributed by atoms with Crippen molar-refractivity contribution >= 4 is 5.69 Å². The highest BCUT2D eigenvalue weighted by molar-refractivity contribution is 5.47. The summed E-state index contributed by atoms with van der Waals surface area (Å²) in [6.45, 7) is 6.19. The van der Waals surface area contributed by atoms with Gasteiger partial charge in [-0.15, -0.1) is 0 Å². The predicted molar refractivity (Wildman–Crippen MR) is 68.8 cm³/mol. The number of aliphatic hydroxyl groups excluding tert-OH is 1. The topological polar surface area (TPSA) is 35.5 Å². The fourth-order valence-corrected chi connectivity index (χ4v) is 1.50. The molecular formula is C13H22N2O. The molecule has 1 unspecified atom stereocenters. The Labute approximate surface area is 98.1 Å². The van der Waals surface area contributed by atoms with E-state index in [4.69, 9.17) is 5.11 Å². The largest absolute Gasteiger partial charge is 0.394 e. The van der Waals surface area contributed by atoms with Gasteiger partial charge < -0.3 is 15.3 Å². The number of nitrogens with zero attached hydrogens (tertiary/aromatic N) is 1. The second-order valence-electron chi connectivity index (χ2n) is 4.09. The SMILES string of the molecule is CCNCc1ccc(N(C)C(C)CO)cc1. The summed E-state index contributed by atoms with van der Waals surface area (Å²) >= 11 is 0. The first-order valence-corrected chi connectivity index (χ1v) is 5.82. The summed E-state index contributed by atoms with van der Waals surface area (Å²) in [7, 11) is 2.00. The van der Waals surface area contributed by atoms with Crippen LogP contribution >= 0.6 is 0 Å². The van der Waals surface area contributed by atoms with E-state index in [0.717, 1.165) is 18.8 Å². The average Bonchev–Trinajstić information content (AvgIpc) is 2.35. The molecule has 0 radical (unpaired) electrons. The monoisotopic (exact) mass is 222 g/mol. The molecule has 1 aromatic carbocycles. The third kappa shape index (κ3) is 3.51. The maximum atomic E-state index is 9.09. The number of benzene rings is 1. The molecule has 0 fully saturated rings. The van der Waals surface area contributed by atoms with E-state index in [1.807, 2.05) is 14.0 Å². The first kappa shape index (κ1) is 13.0. The molecule has 90 valence electrons. The number of anilines is 1. The minimum Gasteiger partial charge on any atom is -0.394 e. The molecule has 1 atom stereocenters. The van der Waals surface area contributed by atoms with Gasteiger partial charge in [-0.2, -0.15) is 0 Å². The maximum absolute atomic E-state index is 9.09. The van der Waals surface area contributed by atoms with Crippen LogP contribution in [0.2, 0.25) is 0 Å². The molecule has 0 aliphatic rings. The Morgan fingerprint density at radius 1 is 1.31 bits per heavy atom. The molecule has 0 saturated carbocycles. The normalized spacial score (nSPS) is 12.5. The Hall–Kier alpha value is -1.06. The van der Waals surface area contributed by atoms with E-state index in [2.05, 4.69) is 41.4 Å². The lowest BCUT2D eigenvalue weighted by molar-refractivity contribution is 0.270. The minimum atomic E-state index is 0.152. The van der Waals surface area contributed by atoms with Crippen molar-refractivity contribution in [1.29, 1.82) is 0 Å². The number of likely N-dealkylation sites (N-methyl/N-ethyl adjacent to an activating group) is 1. The van der Waals surface area contributed by atoms with Crippen LogP contribution in [0.15, 0.2) is 24.3 Å². The van der Waals surface area contributed by atoms with Crippen LogP contribution in [-0.2, 0) is 6.54 Å². The molecule has 1 rings (SSSR count). The zero-order valence-electron chi connectivity index (χ0n) is 10.4. The van der Waals surface area contributed by atoms with Crippen molar-refractivity contribution in [3.63, 3.8) is 0 Å². The molecule has 0 bridgehead atoms. The van der Waals surface area contributed by atoms with Gasteiger partial charge in [-0.05, 0) is 31.2 Å². The standard InChI is InChI=1S/C13H22N2O/c1-4-14-9-12-5-7-13(8-6-12)15(3)11(2)10-16/h5-8,11,14,16H,4,9-10H2,1-3H3. The second kappa shape index (κ2) is 6.51. The first-order valence-electron chi connectivity index (χ1n) is 5.82. The number of hydrogen-bond acceptors (Lipinski definition) is 3. The van der Waals surface area contributed by atoms with Crippen LogP contribution in [-0.4, -0.2) is 31.3 Å². The first-order chi connectivity index (χ1) is 7.69. The van der Waals surface area contributed by atoms with Gasteiger partial charge in [0.05, 0.1) is 6.61 Å². The summed E-state index contributed by atoms with van der Waals surface area (Å²) in [4.78, 5) is 2.08. The second-order valence-corrected chi connectivity index (χ2v) is 4.09. The van der Waals surface area contributed by atoms with E-state index in [1.165, 1.54) is 5.56 Å². The Kier molecular flexibility index (Phi) is 5.29. The number of aliphatic hydroxyl groups is 1. The molecular weight excluding hydrogens is 200 g/mol. The zero-order valence-corrected chi connectivity index (χ0v) is 10.4. The molecule has 0 heterocycles. The smallest absolute Gasteiger partial charge is 0.0632 e. The van der Waals surface area contributed by atoms with Crippen LogP contribution in [0.4, 0.5) is 5.69 Å². The van der Waals surface area contributed by atoms with Crippen LogP contribution in [0.25, 0.3) is 0 Å². The van der Waals surface area contributed by atoms with E-state index in [1.54, 1.807) is 0 Å². The van der Waals surface area contributed by atoms with Crippen molar-refractivity contribution in [2.24, 2.45) is 0 Å². The van der Waals surface area contributed by atoms with Crippen LogP contribution in [0, 0.1) is 0 Å². The number of nitrogens with one attached hydrogen (secondary N) is 1. The lowest BCUT2D eigenvalue weighted by Crippen LogP contribution is -2.31. The van der Waals surface area contributed by atoms with E-state index < -0.39 is 0 Å². The molecule has 2 N–H and O–H groups in total. The molecule has 0 aliphatic heterocycles. The van der Waals surface area contributed by atoms with Crippen LogP contribution in [0.5, 0.6) is 0 Å². The lowest BCUT2D eigenvalue weighted by atomic mass is 10.2. The molecule has 0 aliphatic carbocycles. The van der Waals surface area contributed by atoms with Gasteiger partial charge in [0.1, 0.15) is 0 Å². The quantitative estimate of drug-likeness (QED) is 0.767. The van der Waals surface area contributed by atoms with Crippen molar-refractivity contribution in [2.75, 3.05) is 25.1 Å². The molecule has 3 heteroatoms. The minimum absolute atomic E-state index is 0.152. The van der Waals surface area contributed by atoms with Gasteiger partial charge in [0.25, 0.3) is 0 Å². The summed E-state index contributed by atoms with van der Waals surface area (Å²) < 4.78 is 0. The Balaban J connectivity index is 2.63. The van der Waals surface area contributed by atoms with Crippen molar-refractivity contribution < 1.29 is 5.11 Å². The summed E-state index contributed by atoms with van der Waals surface area (Å²) in [5.41, 5.74) is 2.43. The Morgan fingerprint density at radius 3 is 2.44 bits per heavy atom. The summed E-state index contributed by atoms with van der Waals surface area (Å²) in [5, 5.41) is 12.4. The van der Waals surface area contributed by atoms with Gasteiger partial charge in [0, 0.05) is 25.3 Å².